The zero-order valence-corrected chi connectivity index (χ0v) is 16.9. The highest BCUT2D eigenvalue weighted by Crippen LogP contribution is 2.35. The Kier molecular flexibility index (Phi) is 6.08. The van der Waals surface area contributed by atoms with Crippen molar-refractivity contribution in [2.24, 2.45) is 0 Å². The molecule has 1 heterocycles. The summed E-state index contributed by atoms with van der Waals surface area (Å²) in [6, 6.07) is 11.9. The van der Waals surface area contributed by atoms with Gasteiger partial charge < -0.3 is 15.3 Å². The van der Waals surface area contributed by atoms with Crippen LogP contribution in [0.5, 0.6) is 5.75 Å². The van der Waals surface area contributed by atoms with Gasteiger partial charge in [0.05, 0.1) is 6.54 Å². The number of rotatable bonds is 7. The molecule has 0 radical (unpaired) electrons. The number of anilines is 1. The first-order valence-electron chi connectivity index (χ1n) is 9.52. The lowest BCUT2D eigenvalue weighted by atomic mass is 10.0. The molecule has 5 heteroatoms. The highest BCUT2D eigenvalue weighted by atomic mass is 35.5. The molecule has 0 bridgehead atoms. The average Bonchev–Trinajstić information content (AvgIpc) is 2.97. The minimum Gasteiger partial charge on any atom is -0.508 e. The van der Waals surface area contributed by atoms with Gasteiger partial charge in [-0.3, -0.25) is 4.79 Å². The fourth-order valence-corrected chi connectivity index (χ4v) is 3.51. The topological polar surface area (TPSA) is 52.6 Å². The summed E-state index contributed by atoms with van der Waals surface area (Å²) in [6.45, 7) is 7.21. The van der Waals surface area contributed by atoms with Crippen molar-refractivity contribution in [1.82, 2.24) is 5.32 Å². The first kappa shape index (κ1) is 19.7. The molecule has 0 saturated heterocycles. The standard InChI is InChI=1S/C22H27ClN2O2/c1-4-17(23)8-15-6-5-7-18(9-15)25-13-20-19(22(25)27)10-16(11-21(20)26)12-24-14(2)3/h5-7,9-11,14,17,24,26H,4,8,12-13H2,1-3H3. The number of halogens is 1. The molecule has 0 saturated carbocycles. The Labute approximate surface area is 166 Å². The quantitative estimate of drug-likeness (QED) is 0.683. The van der Waals surface area contributed by atoms with Crippen LogP contribution in [0.3, 0.4) is 0 Å². The lowest BCUT2D eigenvalue weighted by Crippen LogP contribution is -2.23. The number of carbonyl (C=O) groups excluding carboxylic acids is 1. The van der Waals surface area contributed by atoms with E-state index in [0.29, 0.717) is 30.3 Å². The van der Waals surface area contributed by atoms with E-state index in [4.69, 9.17) is 11.6 Å². The molecule has 3 rings (SSSR count). The summed E-state index contributed by atoms with van der Waals surface area (Å²) in [5.41, 5.74) is 4.16. The van der Waals surface area contributed by atoms with Crippen molar-refractivity contribution in [2.75, 3.05) is 4.90 Å². The molecule has 0 spiro atoms. The van der Waals surface area contributed by atoms with Crippen LogP contribution in [0.2, 0.25) is 0 Å². The number of aromatic hydroxyl groups is 1. The predicted molar refractivity (Wildman–Crippen MR) is 111 cm³/mol. The zero-order valence-electron chi connectivity index (χ0n) is 16.1. The van der Waals surface area contributed by atoms with Gasteiger partial charge in [-0.2, -0.15) is 0 Å². The van der Waals surface area contributed by atoms with Gasteiger partial charge in [-0.1, -0.05) is 32.9 Å². The summed E-state index contributed by atoms with van der Waals surface area (Å²) < 4.78 is 0. The van der Waals surface area contributed by atoms with Crippen LogP contribution in [0.4, 0.5) is 5.69 Å². The first-order chi connectivity index (χ1) is 12.9. The molecule has 2 aromatic carbocycles. The molecule has 144 valence electrons. The third-order valence-corrected chi connectivity index (χ3v) is 5.38. The van der Waals surface area contributed by atoms with Crippen molar-refractivity contribution in [3.05, 3.63) is 58.7 Å². The number of hydrogen-bond acceptors (Lipinski definition) is 3. The Hall–Kier alpha value is -2.04. The third-order valence-electron chi connectivity index (χ3n) is 4.91. The van der Waals surface area contributed by atoms with E-state index in [1.54, 1.807) is 11.0 Å². The molecule has 2 aromatic rings. The molecule has 0 fully saturated rings. The molecule has 1 atom stereocenters. The van der Waals surface area contributed by atoms with Gasteiger partial charge in [-0.25, -0.2) is 0 Å². The molecule has 1 unspecified atom stereocenters. The Bertz CT molecular complexity index is 835. The highest BCUT2D eigenvalue weighted by Gasteiger charge is 2.31. The van der Waals surface area contributed by atoms with Crippen molar-refractivity contribution in [3.8, 4) is 5.75 Å². The van der Waals surface area contributed by atoms with Crippen molar-refractivity contribution in [3.63, 3.8) is 0 Å². The van der Waals surface area contributed by atoms with Crippen LogP contribution in [0.25, 0.3) is 0 Å². The van der Waals surface area contributed by atoms with Gasteiger partial charge in [-0.15, -0.1) is 11.6 Å². The molecule has 4 nitrogen and oxygen atoms in total. The Morgan fingerprint density at radius 2 is 2.00 bits per heavy atom. The van der Waals surface area contributed by atoms with Gasteiger partial charge >= 0.3 is 0 Å². The maximum absolute atomic E-state index is 13.0. The maximum atomic E-state index is 13.0. The molecule has 1 aliphatic rings. The first-order valence-corrected chi connectivity index (χ1v) is 9.95. The van der Waals surface area contributed by atoms with E-state index >= 15 is 0 Å². The van der Waals surface area contributed by atoms with Crippen molar-refractivity contribution in [2.45, 2.75) is 58.1 Å². The number of hydrogen-bond donors (Lipinski definition) is 2. The minimum atomic E-state index is -0.0678. The maximum Gasteiger partial charge on any atom is 0.259 e. The summed E-state index contributed by atoms with van der Waals surface area (Å²) in [4.78, 5) is 14.7. The summed E-state index contributed by atoms with van der Waals surface area (Å²) in [6.07, 6.45) is 1.68. The number of fused-ring (bicyclic) bond motifs is 1. The number of carbonyl (C=O) groups is 1. The summed E-state index contributed by atoms with van der Waals surface area (Å²) in [5.74, 6) is 0.119. The van der Waals surface area contributed by atoms with Gasteiger partial charge in [0, 0.05) is 34.8 Å². The number of benzene rings is 2. The van der Waals surface area contributed by atoms with E-state index < -0.39 is 0 Å². The van der Waals surface area contributed by atoms with E-state index in [-0.39, 0.29) is 17.0 Å². The molecule has 0 aromatic heterocycles. The molecule has 1 aliphatic heterocycles. The van der Waals surface area contributed by atoms with E-state index in [1.807, 2.05) is 30.3 Å². The van der Waals surface area contributed by atoms with Crippen LogP contribution in [-0.2, 0) is 19.5 Å². The number of phenols is 1. The molecular formula is C22H27ClN2O2. The molecule has 1 amide bonds. The van der Waals surface area contributed by atoms with Crippen LogP contribution in [0.15, 0.2) is 36.4 Å². The van der Waals surface area contributed by atoms with Crippen LogP contribution in [-0.4, -0.2) is 22.4 Å². The Morgan fingerprint density at radius 1 is 1.22 bits per heavy atom. The largest absolute Gasteiger partial charge is 0.508 e. The second-order valence-electron chi connectivity index (χ2n) is 7.45. The number of amides is 1. The number of alkyl halides is 1. The van der Waals surface area contributed by atoms with Gasteiger partial charge in [-0.05, 0) is 48.2 Å². The second-order valence-corrected chi connectivity index (χ2v) is 8.06. The predicted octanol–water partition coefficient (Wildman–Crippen LogP) is 4.61. The van der Waals surface area contributed by atoms with Gasteiger partial charge in [0.2, 0.25) is 0 Å². The van der Waals surface area contributed by atoms with Crippen LogP contribution in [0, 0.1) is 0 Å². The summed E-state index contributed by atoms with van der Waals surface area (Å²) in [7, 11) is 0. The zero-order chi connectivity index (χ0) is 19.6. The molecule has 2 N–H and O–H groups in total. The van der Waals surface area contributed by atoms with Crippen LogP contribution < -0.4 is 10.2 Å². The lowest BCUT2D eigenvalue weighted by molar-refractivity contribution is 0.0996. The van der Waals surface area contributed by atoms with E-state index in [0.717, 1.165) is 29.7 Å². The molecule has 27 heavy (non-hydrogen) atoms. The van der Waals surface area contributed by atoms with Crippen molar-refractivity contribution >= 4 is 23.2 Å². The normalized spacial score (nSPS) is 14.7. The second kappa shape index (κ2) is 8.32. The van der Waals surface area contributed by atoms with Gasteiger partial charge in [0.25, 0.3) is 5.91 Å². The Balaban J connectivity index is 1.84. The fourth-order valence-electron chi connectivity index (χ4n) is 3.33. The monoisotopic (exact) mass is 386 g/mol. The smallest absolute Gasteiger partial charge is 0.259 e. The van der Waals surface area contributed by atoms with Crippen molar-refractivity contribution < 1.29 is 9.90 Å². The minimum absolute atomic E-state index is 0.0678. The lowest BCUT2D eigenvalue weighted by Gasteiger charge is -2.17. The van der Waals surface area contributed by atoms with Gasteiger partial charge in [0.1, 0.15) is 5.75 Å². The van der Waals surface area contributed by atoms with Crippen molar-refractivity contribution in [1.29, 1.82) is 0 Å². The molecule has 0 aliphatic carbocycles. The Morgan fingerprint density at radius 3 is 2.70 bits per heavy atom. The van der Waals surface area contributed by atoms with Crippen LogP contribution >= 0.6 is 11.6 Å². The fraction of sp³-hybridized carbons (Fsp3) is 0.409. The third kappa shape index (κ3) is 4.45. The van der Waals surface area contributed by atoms with E-state index in [1.165, 1.54) is 0 Å². The number of phenolic OH excluding ortho intramolecular Hbond substituents is 1. The van der Waals surface area contributed by atoms with Gasteiger partial charge in [0.15, 0.2) is 0 Å². The average molecular weight is 387 g/mol. The summed E-state index contributed by atoms with van der Waals surface area (Å²) in [5, 5.41) is 13.9. The number of nitrogens with zero attached hydrogens (tertiary/aromatic N) is 1. The number of nitrogens with one attached hydrogen (secondary N) is 1. The van der Waals surface area contributed by atoms with Crippen LogP contribution in [0.1, 0.15) is 54.2 Å². The summed E-state index contributed by atoms with van der Waals surface area (Å²) >= 11 is 6.28. The van der Waals surface area contributed by atoms with E-state index in [9.17, 15) is 9.90 Å². The van der Waals surface area contributed by atoms with E-state index in [2.05, 4.69) is 26.1 Å². The SMILES string of the molecule is CCC(Cl)Cc1cccc(N2Cc3c(O)cc(CNC(C)C)cc3C2=O)c1. The highest BCUT2D eigenvalue weighted by molar-refractivity contribution is 6.20. The molecular weight excluding hydrogens is 360 g/mol.